The monoisotopic (exact) mass is 1020 g/mol. The van der Waals surface area contributed by atoms with Gasteiger partial charge in [-0.3, -0.25) is 62.1 Å². The number of aliphatic hydroxyl groups excluding tert-OH is 2. The molecule has 0 aliphatic rings. The van der Waals surface area contributed by atoms with Crippen molar-refractivity contribution in [2.24, 2.45) is 11.7 Å². The first-order chi connectivity index (χ1) is 32.0. The maximum Gasteiger partial charge on any atom is 0.469 e. The molecule has 32 heteroatoms. The van der Waals surface area contributed by atoms with Gasteiger partial charge >= 0.3 is 31.7 Å². The lowest BCUT2D eigenvalue weighted by atomic mass is 9.97. The van der Waals surface area contributed by atoms with Crippen molar-refractivity contribution in [3.05, 3.63) is 0 Å². The van der Waals surface area contributed by atoms with E-state index in [1.54, 1.807) is 6.92 Å². The van der Waals surface area contributed by atoms with Gasteiger partial charge in [-0.2, -0.15) is 0 Å². The number of rotatable bonds is 34. The summed E-state index contributed by atoms with van der Waals surface area (Å²) in [5, 5.41) is 74.0. The summed E-state index contributed by atoms with van der Waals surface area (Å²) in [6.07, 6.45) is -7.06. The Bertz CT molecular complexity index is 1900. The van der Waals surface area contributed by atoms with Gasteiger partial charge < -0.3 is 88.7 Å². The van der Waals surface area contributed by atoms with Gasteiger partial charge in [0.2, 0.25) is 47.3 Å². The molecule has 8 amide bonds. The van der Waals surface area contributed by atoms with Gasteiger partial charge in [-0.1, -0.05) is 20.3 Å². The van der Waals surface area contributed by atoms with Crippen LogP contribution >= 0.6 is 7.82 Å². The largest absolute Gasteiger partial charge is 0.481 e. The van der Waals surface area contributed by atoms with Gasteiger partial charge in [0.05, 0.1) is 25.4 Å². The molecular formula is C37H62N9O22P. The molecule has 0 radical (unpaired) electrons. The second-order valence-corrected chi connectivity index (χ2v) is 16.6. The number of carbonyl (C=O) groups excluding carboxylic acids is 8. The molecule has 0 aromatic carbocycles. The number of carbonyl (C=O) groups is 12. The number of likely N-dealkylation sites (N-methyl/N-ethyl adjacent to an activating group) is 1. The highest BCUT2D eigenvalue weighted by Crippen LogP contribution is 2.35. The fourth-order valence-corrected chi connectivity index (χ4v) is 6.04. The normalized spacial score (nSPS) is 15.6. The van der Waals surface area contributed by atoms with Crippen molar-refractivity contribution >= 4 is 79.0 Å². The first kappa shape index (κ1) is 62.6. The van der Waals surface area contributed by atoms with Crippen molar-refractivity contribution in [1.29, 1.82) is 0 Å². The number of aliphatic hydroxyl groups is 2. The number of nitrogens with one attached hydrogen (secondary N) is 8. The summed E-state index contributed by atoms with van der Waals surface area (Å²) in [4.78, 5) is 170. The van der Waals surface area contributed by atoms with Crippen LogP contribution in [0.4, 0.5) is 0 Å². The van der Waals surface area contributed by atoms with Crippen molar-refractivity contribution in [1.82, 2.24) is 42.5 Å². The van der Waals surface area contributed by atoms with Crippen LogP contribution < -0.4 is 48.3 Å². The number of carboxylic acids is 4. The Labute approximate surface area is 393 Å². The highest BCUT2D eigenvalue weighted by atomic mass is 31.2. The molecule has 31 nitrogen and oxygen atoms in total. The van der Waals surface area contributed by atoms with Crippen LogP contribution in [-0.4, -0.2) is 186 Å². The van der Waals surface area contributed by atoms with E-state index < -0.39 is 204 Å². The van der Waals surface area contributed by atoms with Crippen LogP contribution in [0.2, 0.25) is 0 Å². The van der Waals surface area contributed by atoms with Crippen LogP contribution in [0.25, 0.3) is 0 Å². The number of nitrogens with two attached hydrogens (primary N) is 1. The molecule has 0 aromatic rings. The zero-order valence-electron chi connectivity index (χ0n) is 37.9. The first-order valence-electron chi connectivity index (χ1n) is 20.9. The van der Waals surface area contributed by atoms with Crippen LogP contribution in [0.3, 0.4) is 0 Å². The number of hydrogen-bond acceptors (Lipinski definition) is 17. The molecule has 0 saturated heterocycles. The average Bonchev–Trinajstić information content (AvgIpc) is 3.26. The van der Waals surface area contributed by atoms with Gasteiger partial charge in [0.1, 0.15) is 42.3 Å². The molecule has 0 fully saturated rings. The maximum atomic E-state index is 13.7. The van der Waals surface area contributed by atoms with E-state index in [1.165, 1.54) is 20.9 Å². The number of aliphatic carboxylic acids is 4. The number of hydrogen-bond donors (Lipinski definition) is 17. The predicted octanol–water partition coefficient (Wildman–Crippen LogP) is -6.56. The van der Waals surface area contributed by atoms with Crippen molar-refractivity contribution in [3.8, 4) is 0 Å². The summed E-state index contributed by atoms with van der Waals surface area (Å²) in [6, 6.07) is -14.5. The third kappa shape index (κ3) is 25.0. The van der Waals surface area contributed by atoms with Gasteiger partial charge in [0.15, 0.2) is 0 Å². The molecule has 392 valence electrons. The number of phosphoric acid groups is 1. The van der Waals surface area contributed by atoms with Crippen molar-refractivity contribution < 1.29 is 107 Å². The second-order valence-electron chi connectivity index (χ2n) is 15.3. The highest BCUT2D eigenvalue weighted by molar-refractivity contribution is 7.46. The van der Waals surface area contributed by atoms with E-state index >= 15 is 0 Å². The highest BCUT2D eigenvalue weighted by Gasteiger charge is 2.37. The maximum absolute atomic E-state index is 13.7. The topological polar surface area (TPSA) is 515 Å². The van der Waals surface area contributed by atoms with Gasteiger partial charge in [-0.25, -0.2) is 4.57 Å². The van der Waals surface area contributed by atoms with Gasteiger partial charge in [0.25, 0.3) is 0 Å². The number of phosphoric ester groups is 1. The molecular weight excluding hydrogens is 953 g/mol. The molecule has 18 N–H and O–H groups in total. The third-order valence-corrected chi connectivity index (χ3v) is 10.3. The molecule has 0 aliphatic heterocycles. The summed E-state index contributed by atoms with van der Waals surface area (Å²) in [6.45, 7) is 1.80. The van der Waals surface area contributed by atoms with Crippen LogP contribution in [0, 0.1) is 5.92 Å². The van der Waals surface area contributed by atoms with E-state index in [4.69, 9.17) is 10.8 Å². The molecule has 0 bridgehead atoms. The summed E-state index contributed by atoms with van der Waals surface area (Å²) in [5.41, 5.74) is 5.67. The van der Waals surface area contributed by atoms with Gasteiger partial charge in [-0.15, -0.1) is 0 Å². The fraction of sp³-hybridized carbons (Fsp3) is 0.676. The van der Waals surface area contributed by atoms with E-state index in [0.29, 0.717) is 0 Å². The zero-order valence-corrected chi connectivity index (χ0v) is 38.8. The van der Waals surface area contributed by atoms with Crippen LogP contribution in [0.1, 0.15) is 78.6 Å². The molecule has 0 aromatic heterocycles. The lowest BCUT2D eigenvalue weighted by molar-refractivity contribution is -0.140. The number of carboxylic acid groups (broad SMARTS) is 4. The Morgan fingerprint density at radius 2 is 0.870 bits per heavy atom. The lowest BCUT2D eigenvalue weighted by Crippen LogP contribution is -2.62. The van der Waals surface area contributed by atoms with E-state index in [9.17, 15) is 97.4 Å². The summed E-state index contributed by atoms with van der Waals surface area (Å²) < 4.78 is 16.0. The van der Waals surface area contributed by atoms with E-state index in [-0.39, 0.29) is 6.42 Å². The van der Waals surface area contributed by atoms with Crippen molar-refractivity contribution in [2.75, 3.05) is 20.3 Å². The van der Waals surface area contributed by atoms with E-state index in [2.05, 4.69) is 36.4 Å². The minimum absolute atomic E-state index is 0.249. The Morgan fingerprint density at radius 1 is 0.522 bits per heavy atom. The van der Waals surface area contributed by atoms with E-state index in [1.807, 2.05) is 10.6 Å². The predicted molar refractivity (Wildman–Crippen MR) is 229 cm³/mol. The summed E-state index contributed by atoms with van der Waals surface area (Å²) >= 11 is 0. The van der Waals surface area contributed by atoms with Crippen LogP contribution in [0.5, 0.6) is 0 Å². The second kappa shape index (κ2) is 30.9. The van der Waals surface area contributed by atoms with Crippen LogP contribution in [0.15, 0.2) is 0 Å². The molecule has 0 unspecified atom stereocenters. The lowest BCUT2D eigenvalue weighted by Gasteiger charge is -2.29. The van der Waals surface area contributed by atoms with Gasteiger partial charge in [-0.05, 0) is 38.5 Å². The van der Waals surface area contributed by atoms with E-state index in [0.717, 1.165) is 0 Å². The quantitative estimate of drug-likeness (QED) is 0.0267. The summed E-state index contributed by atoms with van der Waals surface area (Å²) in [5.74, 6) is -16.4. The minimum atomic E-state index is -5.47. The van der Waals surface area contributed by atoms with Crippen molar-refractivity contribution in [2.45, 2.75) is 133 Å². The zero-order chi connectivity index (χ0) is 53.3. The Morgan fingerprint density at radius 3 is 1.23 bits per heavy atom. The SMILES string of the molecule is CC[C@H](C)[C@H](NC(=O)[C@H](CO)NC(=O)[C@H](CCC(=O)O)NC(=O)[C@H](CCC(=O)O)NC(=O)[C@H](COP(=O)(O)O)NC(=O)[C@H](CCC(=O)O)NC(=O)[C@@H](N)CCC(=O)O)C(=O)N[C@H](C(=O)NC)[C@@H](C)O. The van der Waals surface area contributed by atoms with Crippen molar-refractivity contribution in [3.63, 3.8) is 0 Å². The minimum Gasteiger partial charge on any atom is -0.481 e. The average molecular weight is 1020 g/mol. The molecule has 0 spiro atoms. The smallest absolute Gasteiger partial charge is 0.469 e. The summed E-state index contributed by atoms with van der Waals surface area (Å²) in [7, 11) is -4.23. The molecule has 10 atom stereocenters. The Hall–Kier alpha value is -6.37. The molecule has 0 aliphatic carbocycles. The standard InChI is InChI=1S/C37H62N9O22P/c1-5-16(2)28(37(64)46-29(17(3)48)36(63)39-4)45-34(61)22(14-47)43-32(59)21(9-13-27(55)56)41-31(58)20(8-12-26(53)54)42-35(62)23(15-68-69(65,66)67)44-33(60)19(7-11-25(51)52)40-30(57)18(38)6-10-24(49)50/h16-23,28-29,47-48H,5-15,38H2,1-4H3,(H,39,63)(H,40,57)(H,41,58)(H,42,62)(H,43,59)(H,44,60)(H,45,61)(H,46,64)(H,49,50)(H,51,52)(H,53,54)(H,55,56)(H2,65,66,67)/t16-,17+,18-,19-,20-,21-,22-,23-,28-,29-/m0/s1. The fourth-order valence-electron chi connectivity index (χ4n) is 5.70. The molecule has 0 saturated carbocycles. The molecule has 69 heavy (non-hydrogen) atoms. The Balaban J connectivity index is 6.74. The first-order valence-corrected chi connectivity index (χ1v) is 22.5. The van der Waals surface area contributed by atoms with Gasteiger partial charge in [0, 0.05) is 32.7 Å². The molecule has 0 heterocycles. The third-order valence-electron chi connectivity index (χ3n) is 9.81. The molecule has 0 rings (SSSR count). The Kier molecular flexibility index (Phi) is 28.0. The number of amides is 8. The van der Waals surface area contributed by atoms with Crippen LogP contribution in [-0.2, 0) is 66.6 Å².